The van der Waals surface area contributed by atoms with Gasteiger partial charge in [0.15, 0.2) is 0 Å². The molecule has 0 spiro atoms. The van der Waals surface area contributed by atoms with Crippen LogP contribution in [0.15, 0.2) is 0 Å². The van der Waals surface area contributed by atoms with Crippen LogP contribution in [0, 0.1) is 0 Å². The van der Waals surface area contributed by atoms with Crippen molar-refractivity contribution in [1.29, 1.82) is 0 Å². The van der Waals surface area contributed by atoms with Gasteiger partial charge in [-0.3, -0.25) is 4.79 Å². The molecule has 0 atom stereocenters. The highest BCUT2D eigenvalue weighted by Crippen LogP contribution is 1.88. The van der Waals surface area contributed by atoms with Crippen molar-refractivity contribution < 1.29 is 4.79 Å². The molecular weight excluding hydrogens is 166 g/mol. The zero-order valence-electron chi connectivity index (χ0n) is 8.84. The van der Waals surface area contributed by atoms with E-state index in [1.165, 1.54) is 0 Å². The molecular formula is C9H21N3O. The predicted octanol–water partition coefficient (Wildman–Crippen LogP) is -0.208. The standard InChI is InChI=1S/C9H21N3O/c1-8(2)11-9(13)4-6-12(3)7-5-10/h8H,4-7,10H2,1-3H3,(H,11,13). The van der Waals surface area contributed by atoms with Crippen LogP contribution in [0.2, 0.25) is 0 Å². The molecule has 0 radical (unpaired) electrons. The number of hydrogen-bond donors (Lipinski definition) is 2. The molecule has 4 heteroatoms. The van der Waals surface area contributed by atoms with Crippen LogP contribution in [-0.2, 0) is 4.79 Å². The normalized spacial score (nSPS) is 10.9. The molecule has 0 saturated carbocycles. The van der Waals surface area contributed by atoms with Crippen molar-refractivity contribution in [2.45, 2.75) is 26.3 Å². The van der Waals surface area contributed by atoms with Gasteiger partial charge in [-0.2, -0.15) is 0 Å². The Morgan fingerprint density at radius 3 is 2.54 bits per heavy atom. The quantitative estimate of drug-likeness (QED) is 0.605. The molecule has 0 aromatic rings. The second-order valence-corrected chi connectivity index (χ2v) is 3.56. The van der Waals surface area contributed by atoms with Gasteiger partial charge in [0.2, 0.25) is 5.91 Å². The van der Waals surface area contributed by atoms with Crippen LogP contribution in [0.3, 0.4) is 0 Å². The molecule has 0 aliphatic heterocycles. The number of nitrogens with one attached hydrogen (secondary N) is 1. The van der Waals surface area contributed by atoms with E-state index >= 15 is 0 Å². The lowest BCUT2D eigenvalue weighted by Gasteiger charge is -2.15. The summed E-state index contributed by atoms with van der Waals surface area (Å²) in [5.41, 5.74) is 5.37. The average Bonchev–Trinajstić information content (AvgIpc) is 2.00. The summed E-state index contributed by atoms with van der Waals surface area (Å²) in [5.74, 6) is 0.110. The number of hydrogen-bond acceptors (Lipinski definition) is 3. The summed E-state index contributed by atoms with van der Waals surface area (Å²) >= 11 is 0. The first-order valence-corrected chi connectivity index (χ1v) is 4.74. The minimum atomic E-state index is 0.110. The lowest BCUT2D eigenvalue weighted by atomic mass is 10.3. The molecule has 78 valence electrons. The molecule has 0 aliphatic rings. The van der Waals surface area contributed by atoms with Gasteiger partial charge >= 0.3 is 0 Å². The molecule has 1 amide bonds. The summed E-state index contributed by atoms with van der Waals surface area (Å²) in [5, 5.41) is 2.84. The molecule has 0 rings (SSSR count). The molecule has 0 aromatic heterocycles. The number of likely N-dealkylation sites (N-methyl/N-ethyl adjacent to an activating group) is 1. The molecule has 0 saturated heterocycles. The number of rotatable bonds is 6. The largest absolute Gasteiger partial charge is 0.354 e. The molecule has 13 heavy (non-hydrogen) atoms. The van der Waals surface area contributed by atoms with Crippen LogP contribution in [0.5, 0.6) is 0 Å². The van der Waals surface area contributed by atoms with Crippen LogP contribution in [-0.4, -0.2) is 43.5 Å². The second-order valence-electron chi connectivity index (χ2n) is 3.56. The van der Waals surface area contributed by atoms with Crippen molar-refractivity contribution in [1.82, 2.24) is 10.2 Å². The lowest BCUT2D eigenvalue weighted by Crippen LogP contribution is -2.34. The molecule has 0 aromatic carbocycles. The Labute approximate surface area is 80.5 Å². The molecule has 3 N–H and O–H groups in total. The van der Waals surface area contributed by atoms with Crippen molar-refractivity contribution in [3.05, 3.63) is 0 Å². The summed E-state index contributed by atoms with van der Waals surface area (Å²) in [6.07, 6.45) is 0.550. The predicted molar refractivity (Wildman–Crippen MR) is 54.4 cm³/mol. The average molecular weight is 187 g/mol. The highest BCUT2D eigenvalue weighted by atomic mass is 16.1. The molecule has 0 bridgehead atoms. The van der Waals surface area contributed by atoms with E-state index in [-0.39, 0.29) is 11.9 Å². The summed E-state index contributed by atoms with van der Waals surface area (Å²) in [4.78, 5) is 13.2. The van der Waals surface area contributed by atoms with E-state index < -0.39 is 0 Å². The summed E-state index contributed by atoms with van der Waals surface area (Å²) in [6, 6.07) is 0.229. The van der Waals surface area contributed by atoms with Gasteiger partial charge in [0.05, 0.1) is 0 Å². The zero-order valence-corrected chi connectivity index (χ0v) is 8.84. The van der Waals surface area contributed by atoms with Crippen LogP contribution in [0.25, 0.3) is 0 Å². The maximum atomic E-state index is 11.2. The van der Waals surface area contributed by atoms with Crippen LogP contribution in [0.1, 0.15) is 20.3 Å². The van der Waals surface area contributed by atoms with Crippen molar-refractivity contribution in [2.24, 2.45) is 5.73 Å². The van der Waals surface area contributed by atoms with Crippen molar-refractivity contribution in [3.63, 3.8) is 0 Å². The van der Waals surface area contributed by atoms with E-state index in [4.69, 9.17) is 5.73 Å². The van der Waals surface area contributed by atoms with Crippen LogP contribution in [0.4, 0.5) is 0 Å². The van der Waals surface area contributed by atoms with E-state index in [9.17, 15) is 4.79 Å². The first-order valence-electron chi connectivity index (χ1n) is 4.74. The van der Waals surface area contributed by atoms with Gasteiger partial charge in [-0.25, -0.2) is 0 Å². The zero-order chi connectivity index (χ0) is 10.3. The SMILES string of the molecule is CC(C)NC(=O)CCN(C)CCN. The van der Waals surface area contributed by atoms with Crippen molar-refractivity contribution >= 4 is 5.91 Å². The van der Waals surface area contributed by atoms with Gasteiger partial charge in [0, 0.05) is 32.1 Å². The van der Waals surface area contributed by atoms with E-state index in [0.717, 1.165) is 13.1 Å². The summed E-state index contributed by atoms with van der Waals surface area (Å²) in [7, 11) is 1.97. The summed E-state index contributed by atoms with van der Waals surface area (Å²) in [6.45, 7) is 6.18. The molecule has 0 unspecified atom stereocenters. The van der Waals surface area contributed by atoms with E-state index in [0.29, 0.717) is 13.0 Å². The Morgan fingerprint density at radius 2 is 2.08 bits per heavy atom. The monoisotopic (exact) mass is 187 g/mol. The molecule has 0 aliphatic carbocycles. The van der Waals surface area contributed by atoms with E-state index in [1.54, 1.807) is 0 Å². The Kier molecular flexibility index (Phi) is 6.54. The van der Waals surface area contributed by atoms with Gasteiger partial charge in [-0.1, -0.05) is 0 Å². The van der Waals surface area contributed by atoms with Crippen LogP contribution >= 0.6 is 0 Å². The van der Waals surface area contributed by atoms with Gasteiger partial charge < -0.3 is 16.0 Å². The summed E-state index contributed by atoms with van der Waals surface area (Å²) < 4.78 is 0. The third-order valence-corrected chi connectivity index (χ3v) is 1.68. The van der Waals surface area contributed by atoms with Gasteiger partial charge in [0.1, 0.15) is 0 Å². The number of carbonyl (C=O) groups is 1. The number of carbonyl (C=O) groups excluding carboxylic acids is 1. The molecule has 0 fully saturated rings. The maximum absolute atomic E-state index is 11.2. The fourth-order valence-corrected chi connectivity index (χ4v) is 1.02. The minimum Gasteiger partial charge on any atom is -0.354 e. The highest BCUT2D eigenvalue weighted by Gasteiger charge is 2.04. The Morgan fingerprint density at radius 1 is 1.46 bits per heavy atom. The highest BCUT2D eigenvalue weighted by molar-refractivity contribution is 5.76. The topological polar surface area (TPSA) is 58.4 Å². The van der Waals surface area contributed by atoms with E-state index in [2.05, 4.69) is 10.2 Å². The van der Waals surface area contributed by atoms with Crippen LogP contribution < -0.4 is 11.1 Å². The number of amides is 1. The Hall–Kier alpha value is -0.610. The first-order chi connectivity index (χ1) is 6.06. The minimum absolute atomic E-state index is 0.110. The van der Waals surface area contributed by atoms with Gasteiger partial charge in [-0.05, 0) is 20.9 Å². The first kappa shape index (κ1) is 12.4. The third kappa shape index (κ3) is 7.74. The van der Waals surface area contributed by atoms with Crippen molar-refractivity contribution in [2.75, 3.05) is 26.7 Å². The molecule has 0 heterocycles. The van der Waals surface area contributed by atoms with Crippen molar-refractivity contribution in [3.8, 4) is 0 Å². The molecule has 4 nitrogen and oxygen atoms in total. The number of nitrogens with zero attached hydrogens (tertiary/aromatic N) is 1. The van der Waals surface area contributed by atoms with E-state index in [1.807, 2.05) is 20.9 Å². The third-order valence-electron chi connectivity index (χ3n) is 1.68. The smallest absolute Gasteiger partial charge is 0.221 e. The van der Waals surface area contributed by atoms with Gasteiger partial charge in [0.25, 0.3) is 0 Å². The maximum Gasteiger partial charge on any atom is 0.221 e. The fourth-order valence-electron chi connectivity index (χ4n) is 1.02. The number of nitrogens with two attached hydrogens (primary N) is 1. The second kappa shape index (κ2) is 6.86. The Balaban J connectivity index is 3.46. The lowest BCUT2D eigenvalue weighted by molar-refractivity contribution is -0.121. The fraction of sp³-hybridized carbons (Fsp3) is 0.889. The van der Waals surface area contributed by atoms with Gasteiger partial charge in [-0.15, -0.1) is 0 Å². The Bertz CT molecular complexity index is 148.